The first kappa shape index (κ1) is 15.3. The summed E-state index contributed by atoms with van der Waals surface area (Å²) in [4.78, 5) is 12.6. The van der Waals surface area contributed by atoms with Crippen molar-refractivity contribution in [3.63, 3.8) is 0 Å². The van der Waals surface area contributed by atoms with Crippen LogP contribution in [0.3, 0.4) is 0 Å². The molecule has 0 spiro atoms. The van der Waals surface area contributed by atoms with E-state index in [4.69, 9.17) is 4.74 Å². The zero-order chi connectivity index (χ0) is 16.4. The van der Waals surface area contributed by atoms with Gasteiger partial charge in [-0.25, -0.2) is 4.79 Å². The minimum atomic E-state index is -1.75. The van der Waals surface area contributed by atoms with Gasteiger partial charge in [0.2, 0.25) is 0 Å². The second kappa shape index (κ2) is 6.24. The summed E-state index contributed by atoms with van der Waals surface area (Å²) in [6.45, 7) is 1.94. The van der Waals surface area contributed by atoms with Crippen molar-refractivity contribution in [1.82, 2.24) is 0 Å². The predicted molar refractivity (Wildman–Crippen MR) is 89.9 cm³/mol. The zero-order valence-electron chi connectivity index (χ0n) is 12.6. The molecule has 0 aliphatic rings. The highest BCUT2D eigenvalue weighted by molar-refractivity contribution is 6.61. The summed E-state index contributed by atoms with van der Waals surface area (Å²) in [6, 6.07) is 17.6. The molecule has 2 N–H and O–H groups in total. The number of hydrogen-bond acceptors (Lipinski definition) is 4. The number of rotatable bonds is 3. The zero-order valence-corrected chi connectivity index (χ0v) is 12.6. The molecule has 0 aliphatic carbocycles. The van der Waals surface area contributed by atoms with Crippen LogP contribution in [0, 0.1) is 6.92 Å². The first-order chi connectivity index (χ1) is 11.1. The Morgan fingerprint density at radius 1 is 0.957 bits per heavy atom. The van der Waals surface area contributed by atoms with Gasteiger partial charge in [-0.05, 0) is 35.3 Å². The first-order valence-corrected chi connectivity index (χ1v) is 7.23. The van der Waals surface area contributed by atoms with E-state index < -0.39 is 13.1 Å². The normalized spacial score (nSPS) is 10.6. The highest BCUT2D eigenvalue weighted by atomic mass is 16.5. The van der Waals surface area contributed by atoms with Crippen LogP contribution in [0.2, 0.25) is 0 Å². The Kier molecular flexibility index (Phi) is 4.15. The molecule has 0 fully saturated rings. The molecule has 0 aliphatic heterocycles. The number of ether oxygens (including phenoxy) is 1. The first-order valence-electron chi connectivity index (χ1n) is 7.23. The third-order valence-electron chi connectivity index (χ3n) is 3.68. The molecule has 5 heteroatoms. The smallest absolute Gasteiger partial charge is 0.423 e. The van der Waals surface area contributed by atoms with Gasteiger partial charge in [-0.15, -0.1) is 0 Å². The fourth-order valence-corrected chi connectivity index (χ4v) is 2.50. The van der Waals surface area contributed by atoms with Gasteiger partial charge in [0.15, 0.2) is 0 Å². The molecule has 0 radical (unpaired) electrons. The van der Waals surface area contributed by atoms with E-state index >= 15 is 0 Å². The van der Waals surface area contributed by atoms with Crippen molar-refractivity contribution in [3.8, 4) is 5.75 Å². The molecule has 0 heterocycles. The Morgan fingerprint density at radius 3 is 2.35 bits per heavy atom. The van der Waals surface area contributed by atoms with Gasteiger partial charge >= 0.3 is 13.1 Å². The van der Waals surface area contributed by atoms with Crippen molar-refractivity contribution in [2.75, 3.05) is 0 Å². The molecule has 23 heavy (non-hydrogen) atoms. The maximum Gasteiger partial charge on any atom is 0.489 e. The summed E-state index contributed by atoms with van der Waals surface area (Å²) in [5.41, 5.74) is 1.35. The summed E-state index contributed by atoms with van der Waals surface area (Å²) < 4.78 is 5.39. The van der Waals surface area contributed by atoms with Crippen LogP contribution in [0.4, 0.5) is 0 Å². The van der Waals surface area contributed by atoms with Crippen molar-refractivity contribution in [2.24, 2.45) is 0 Å². The van der Waals surface area contributed by atoms with E-state index in [1.54, 1.807) is 30.3 Å². The fraction of sp³-hybridized carbons (Fsp3) is 0.0556. The number of esters is 1. The second-order valence-corrected chi connectivity index (χ2v) is 5.33. The van der Waals surface area contributed by atoms with E-state index in [0.717, 1.165) is 10.9 Å². The molecule has 0 unspecified atom stereocenters. The lowest BCUT2D eigenvalue weighted by Crippen LogP contribution is -2.36. The molecule has 0 saturated heterocycles. The summed E-state index contributed by atoms with van der Waals surface area (Å²) in [6.07, 6.45) is 0. The summed E-state index contributed by atoms with van der Waals surface area (Å²) in [5.74, 6) is -0.208. The van der Waals surface area contributed by atoms with E-state index in [1.165, 1.54) is 6.07 Å². The van der Waals surface area contributed by atoms with Crippen molar-refractivity contribution in [3.05, 3.63) is 71.8 Å². The Bertz CT molecular complexity index is 857. The average Bonchev–Trinajstić information content (AvgIpc) is 2.55. The lowest BCUT2D eigenvalue weighted by Gasteiger charge is -2.12. The average molecular weight is 306 g/mol. The van der Waals surface area contributed by atoms with Gasteiger partial charge in [-0.2, -0.15) is 0 Å². The maximum absolute atomic E-state index is 12.6. The minimum Gasteiger partial charge on any atom is -0.423 e. The summed E-state index contributed by atoms with van der Waals surface area (Å²) in [7, 11) is -1.75. The van der Waals surface area contributed by atoms with E-state index in [9.17, 15) is 14.8 Å². The maximum atomic E-state index is 12.6. The minimum absolute atomic E-state index is 0.126. The van der Waals surface area contributed by atoms with Crippen LogP contribution in [0.15, 0.2) is 60.7 Å². The Balaban J connectivity index is 2.07. The van der Waals surface area contributed by atoms with Gasteiger partial charge in [0.1, 0.15) is 5.75 Å². The van der Waals surface area contributed by atoms with Gasteiger partial charge in [-0.3, -0.25) is 0 Å². The Hall–Kier alpha value is -2.63. The van der Waals surface area contributed by atoms with Crippen LogP contribution >= 0.6 is 0 Å². The Morgan fingerprint density at radius 2 is 1.65 bits per heavy atom. The topological polar surface area (TPSA) is 66.8 Å². The molecule has 0 aromatic heterocycles. The van der Waals surface area contributed by atoms with Crippen LogP contribution in [-0.4, -0.2) is 23.1 Å². The third kappa shape index (κ3) is 3.11. The molecular weight excluding hydrogens is 291 g/mol. The van der Waals surface area contributed by atoms with Gasteiger partial charge in [0.05, 0.1) is 5.56 Å². The van der Waals surface area contributed by atoms with Gasteiger partial charge in [0.25, 0.3) is 0 Å². The van der Waals surface area contributed by atoms with Crippen LogP contribution < -0.4 is 10.2 Å². The van der Waals surface area contributed by atoms with Crippen LogP contribution in [0.5, 0.6) is 5.75 Å². The van der Waals surface area contributed by atoms with Gasteiger partial charge in [0, 0.05) is 0 Å². The molecular formula is C18H15BO4. The summed E-state index contributed by atoms with van der Waals surface area (Å²) in [5, 5.41) is 20.6. The van der Waals surface area contributed by atoms with Crippen molar-refractivity contribution < 1.29 is 19.6 Å². The number of benzene rings is 3. The molecule has 0 amide bonds. The molecule has 114 valence electrons. The molecule has 0 atom stereocenters. The SMILES string of the molecule is Cc1ccc(OC(=O)c2c(B(O)O)ccc3ccccc23)cc1. The Labute approximate surface area is 134 Å². The van der Waals surface area contributed by atoms with Crippen molar-refractivity contribution >= 4 is 29.3 Å². The number of carbonyl (C=O) groups excluding carboxylic acids is 1. The van der Waals surface area contributed by atoms with Crippen LogP contribution in [0.1, 0.15) is 15.9 Å². The fourth-order valence-electron chi connectivity index (χ4n) is 2.50. The van der Waals surface area contributed by atoms with Crippen molar-refractivity contribution in [1.29, 1.82) is 0 Å². The molecule has 0 bridgehead atoms. The highest BCUT2D eigenvalue weighted by Gasteiger charge is 2.24. The molecule has 0 saturated carbocycles. The third-order valence-corrected chi connectivity index (χ3v) is 3.68. The monoisotopic (exact) mass is 306 g/mol. The molecule has 3 aromatic carbocycles. The quantitative estimate of drug-likeness (QED) is 0.441. The van der Waals surface area contributed by atoms with E-state index in [0.29, 0.717) is 11.1 Å². The molecule has 3 rings (SSSR count). The van der Waals surface area contributed by atoms with Crippen LogP contribution in [-0.2, 0) is 0 Å². The largest absolute Gasteiger partial charge is 0.489 e. The molecule has 4 nitrogen and oxygen atoms in total. The predicted octanol–water partition coefficient (Wildman–Crippen LogP) is 2.05. The number of aryl methyl sites for hydroxylation is 1. The number of carbonyl (C=O) groups is 1. The van der Waals surface area contributed by atoms with Crippen molar-refractivity contribution in [2.45, 2.75) is 6.92 Å². The summed E-state index contributed by atoms with van der Waals surface area (Å²) >= 11 is 0. The lowest BCUT2D eigenvalue weighted by molar-refractivity contribution is 0.0737. The standard InChI is InChI=1S/C18H15BO4/c1-12-6-9-14(10-7-12)23-18(20)17-15-5-3-2-4-13(15)8-11-16(17)19(21)22/h2-11,21-22H,1H3. The lowest BCUT2D eigenvalue weighted by atomic mass is 9.75. The van der Waals surface area contributed by atoms with E-state index in [2.05, 4.69) is 0 Å². The van der Waals surface area contributed by atoms with Gasteiger partial charge in [-0.1, -0.05) is 54.1 Å². The van der Waals surface area contributed by atoms with E-state index in [1.807, 2.05) is 31.2 Å². The van der Waals surface area contributed by atoms with E-state index in [-0.39, 0.29) is 11.0 Å². The second-order valence-electron chi connectivity index (χ2n) is 5.33. The highest BCUT2D eigenvalue weighted by Crippen LogP contribution is 2.20. The number of fused-ring (bicyclic) bond motifs is 1. The van der Waals surface area contributed by atoms with Gasteiger partial charge < -0.3 is 14.8 Å². The van der Waals surface area contributed by atoms with Crippen LogP contribution in [0.25, 0.3) is 10.8 Å². The molecule has 3 aromatic rings. The number of hydrogen-bond donors (Lipinski definition) is 2.